The molecule has 1 aliphatic rings. The van der Waals surface area contributed by atoms with Gasteiger partial charge in [-0.2, -0.15) is 0 Å². The van der Waals surface area contributed by atoms with Gasteiger partial charge in [0.05, 0.1) is 112 Å². The Kier molecular flexibility index (Phi) is 20.4. The highest BCUT2D eigenvalue weighted by atomic mass is 16.6. The molecule has 0 saturated heterocycles. The lowest BCUT2D eigenvalue weighted by atomic mass is 9.98. The number of aliphatic carboxylic acids is 1. The maximum atomic E-state index is 12.6. The molecule has 268 valence electrons. The van der Waals surface area contributed by atoms with Gasteiger partial charge in [-0.1, -0.05) is 48.5 Å². The molecular formula is C35H51NO12. The molecule has 0 aromatic heterocycles. The Hall–Kier alpha value is -3.14. The maximum Gasteiger partial charge on any atom is 0.409 e. The molecular weight excluding hydrogens is 626 g/mol. The summed E-state index contributed by atoms with van der Waals surface area (Å²) in [5, 5.41) is 8.50. The van der Waals surface area contributed by atoms with Crippen molar-refractivity contribution in [3.8, 4) is 11.1 Å². The van der Waals surface area contributed by atoms with Crippen LogP contribution in [-0.2, 0) is 47.4 Å². The first-order chi connectivity index (χ1) is 23.6. The van der Waals surface area contributed by atoms with Gasteiger partial charge in [0.2, 0.25) is 0 Å². The number of likely N-dealkylation sites (N-methyl/N-ethyl adjacent to an activating group) is 1. The van der Waals surface area contributed by atoms with Crippen molar-refractivity contribution in [1.82, 2.24) is 4.90 Å². The minimum atomic E-state index is -0.877. The lowest BCUT2D eigenvalue weighted by Gasteiger charge is -2.19. The molecule has 0 radical (unpaired) electrons. The first kappa shape index (κ1) is 39.3. The molecule has 0 saturated carbocycles. The van der Waals surface area contributed by atoms with E-state index in [-0.39, 0.29) is 25.0 Å². The number of hydrogen-bond acceptors (Lipinski definition) is 11. The summed E-state index contributed by atoms with van der Waals surface area (Å²) in [6.45, 7) is 7.53. The molecule has 3 rings (SSSR count). The Morgan fingerprint density at radius 1 is 0.562 bits per heavy atom. The van der Waals surface area contributed by atoms with Gasteiger partial charge in [0.15, 0.2) is 0 Å². The quantitative estimate of drug-likeness (QED) is 0.126. The average Bonchev–Trinajstić information content (AvgIpc) is 3.41. The highest BCUT2D eigenvalue weighted by Crippen LogP contribution is 2.44. The highest BCUT2D eigenvalue weighted by Gasteiger charge is 2.29. The molecule has 48 heavy (non-hydrogen) atoms. The number of ether oxygens (including phenoxy) is 9. The predicted molar refractivity (Wildman–Crippen MR) is 177 cm³/mol. The summed E-state index contributed by atoms with van der Waals surface area (Å²) in [5.74, 6) is -0.842. The summed E-state index contributed by atoms with van der Waals surface area (Å²) in [7, 11) is 1.71. The van der Waals surface area contributed by atoms with Crippen LogP contribution in [0.3, 0.4) is 0 Å². The number of carboxylic acid groups (broad SMARTS) is 1. The fourth-order valence-electron chi connectivity index (χ4n) is 4.80. The molecule has 0 unspecified atom stereocenters. The second-order valence-electron chi connectivity index (χ2n) is 10.8. The molecule has 2 aromatic carbocycles. The SMILES string of the molecule is CN(CCOCCOCCOCCOCCOCCOCCOCCOCCC(=O)O)C(=O)OCC1c2ccccc2-c2ccccc21. The first-order valence-corrected chi connectivity index (χ1v) is 16.5. The summed E-state index contributed by atoms with van der Waals surface area (Å²) >= 11 is 0. The van der Waals surface area contributed by atoms with E-state index in [1.165, 1.54) is 27.2 Å². The minimum absolute atomic E-state index is 0.00658. The van der Waals surface area contributed by atoms with Crippen LogP contribution in [0.25, 0.3) is 11.1 Å². The largest absolute Gasteiger partial charge is 0.481 e. The molecule has 1 aliphatic carbocycles. The van der Waals surface area contributed by atoms with Crippen molar-refractivity contribution in [2.45, 2.75) is 12.3 Å². The number of hydrogen-bond donors (Lipinski definition) is 1. The molecule has 13 heteroatoms. The van der Waals surface area contributed by atoms with Crippen LogP contribution < -0.4 is 0 Å². The zero-order valence-electron chi connectivity index (χ0n) is 28.0. The number of carbonyl (C=O) groups excluding carboxylic acids is 1. The number of rotatable bonds is 29. The van der Waals surface area contributed by atoms with Crippen LogP contribution in [0.15, 0.2) is 48.5 Å². The Balaban J connectivity index is 1.02. The van der Waals surface area contributed by atoms with Gasteiger partial charge in [-0.3, -0.25) is 4.79 Å². The summed E-state index contributed by atoms with van der Waals surface area (Å²) < 4.78 is 49.0. The topological polar surface area (TPSA) is 141 Å². The van der Waals surface area contributed by atoms with Gasteiger partial charge < -0.3 is 52.6 Å². The number of amides is 1. The van der Waals surface area contributed by atoms with Crippen LogP contribution in [0.5, 0.6) is 0 Å². The molecule has 0 atom stereocenters. The van der Waals surface area contributed by atoms with Gasteiger partial charge in [-0.15, -0.1) is 0 Å². The third-order valence-corrected chi connectivity index (χ3v) is 7.28. The van der Waals surface area contributed by atoms with E-state index in [1.54, 1.807) is 7.05 Å². The molecule has 0 bridgehead atoms. The van der Waals surface area contributed by atoms with Crippen LogP contribution in [0.1, 0.15) is 23.5 Å². The van der Waals surface area contributed by atoms with Crippen LogP contribution >= 0.6 is 0 Å². The predicted octanol–water partition coefficient (Wildman–Crippen LogP) is 3.47. The van der Waals surface area contributed by atoms with E-state index in [4.69, 9.17) is 47.7 Å². The standard InChI is InChI=1S/C35H51NO12/c1-36(35(39)48-28-33-31-8-4-2-6-29(31)30-7-3-5-9-32(30)33)11-13-41-15-17-43-19-21-45-23-25-47-27-26-46-24-22-44-20-18-42-16-14-40-12-10-34(37)38/h2-9,33H,10-28H2,1H3,(H,37,38). The number of carbonyl (C=O) groups is 2. The van der Waals surface area contributed by atoms with Gasteiger partial charge >= 0.3 is 12.1 Å². The number of benzene rings is 2. The van der Waals surface area contributed by atoms with E-state index in [2.05, 4.69) is 24.3 Å². The zero-order valence-corrected chi connectivity index (χ0v) is 28.0. The van der Waals surface area contributed by atoms with E-state index in [0.717, 1.165) is 0 Å². The maximum absolute atomic E-state index is 12.6. The Morgan fingerprint density at radius 2 is 0.917 bits per heavy atom. The third kappa shape index (κ3) is 15.8. The monoisotopic (exact) mass is 677 g/mol. The van der Waals surface area contributed by atoms with Gasteiger partial charge in [-0.05, 0) is 22.3 Å². The zero-order chi connectivity index (χ0) is 34.1. The summed E-state index contributed by atoms with van der Waals surface area (Å²) in [5.41, 5.74) is 4.78. The van der Waals surface area contributed by atoms with E-state index >= 15 is 0 Å². The Morgan fingerprint density at radius 3 is 1.31 bits per heavy atom. The van der Waals surface area contributed by atoms with Crippen molar-refractivity contribution in [2.24, 2.45) is 0 Å². The summed E-state index contributed by atoms with van der Waals surface area (Å²) in [6.07, 6.45) is -0.376. The fourth-order valence-corrected chi connectivity index (χ4v) is 4.80. The number of carboxylic acids is 1. The van der Waals surface area contributed by atoms with E-state index in [9.17, 15) is 9.59 Å². The molecule has 13 nitrogen and oxygen atoms in total. The second kappa shape index (κ2) is 24.9. The van der Waals surface area contributed by atoms with Crippen LogP contribution in [0, 0.1) is 0 Å². The molecule has 1 amide bonds. The van der Waals surface area contributed by atoms with Gasteiger partial charge in [0.25, 0.3) is 0 Å². The van der Waals surface area contributed by atoms with Gasteiger partial charge in [-0.25, -0.2) is 4.79 Å². The van der Waals surface area contributed by atoms with E-state index in [1.807, 2.05) is 24.3 Å². The number of fused-ring (bicyclic) bond motifs is 3. The van der Waals surface area contributed by atoms with Gasteiger partial charge in [0, 0.05) is 19.5 Å². The van der Waals surface area contributed by atoms with Crippen molar-refractivity contribution >= 4 is 12.1 Å². The molecule has 2 aromatic rings. The second-order valence-corrected chi connectivity index (χ2v) is 10.8. The molecule has 0 aliphatic heterocycles. The normalized spacial score (nSPS) is 12.2. The van der Waals surface area contributed by atoms with Crippen LogP contribution in [-0.4, -0.2) is 148 Å². The van der Waals surface area contributed by atoms with E-state index < -0.39 is 5.97 Å². The third-order valence-electron chi connectivity index (χ3n) is 7.28. The van der Waals surface area contributed by atoms with Crippen LogP contribution in [0.2, 0.25) is 0 Å². The Bertz CT molecular complexity index is 1120. The van der Waals surface area contributed by atoms with Crippen molar-refractivity contribution in [1.29, 1.82) is 0 Å². The van der Waals surface area contributed by atoms with Crippen molar-refractivity contribution < 1.29 is 57.3 Å². The van der Waals surface area contributed by atoms with Crippen molar-refractivity contribution in [2.75, 3.05) is 126 Å². The molecule has 0 heterocycles. The summed E-state index contributed by atoms with van der Waals surface area (Å²) in [4.78, 5) is 24.5. The van der Waals surface area contributed by atoms with Crippen molar-refractivity contribution in [3.63, 3.8) is 0 Å². The summed E-state index contributed by atoms with van der Waals surface area (Å²) in [6, 6.07) is 16.5. The smallest absolute Gasteiger partial charge is 0.409 e. The number of nitrogens with zero attached hydrogens (tertiary/aromatic N) is 1. The molecule has 0 fully saturated rings. The minimum Gasteiger partial charge on any atom is -0.481 e. The lowest BCUT2D eigenvalue weighted by molar-refractivity contribution is -0.138. The van der Waals surface area contributed by atoms with Crippen LogP contribution in [0.4, 0.5) is 4.79 Å². The molecule has 0 spiro atoms. The Labute approximate surface area is 283 Å². The van der Waals surface area contributed by atoms with Gasteiger partial charge in [0.1, 0.15) is 6.61 Å². The lowest BCUT2D eigenvalue weighted by Crippen LogP contribution is -2.32. The molecule has 1 N–H and O–H groups in total. The van der Waals surface area contributed by atoms with Crippen molar-refractivity contribution in [3.05, 3.63) is 59.7 Å². The first-order valence-electron chi connectivity index (χ1n) is 16.5. The fraction of sp³-hybridized carbons (Fsp3) is 0.600. The highest BCUT2D eigenvalue weighted by molar-refractivity contribution is 5.79. The van der Waals surface area contributed by atoms with E-state index in [0.29, 0.717) is 112 Å². The average molecular weight is 678 g/mol.